The molecule has 3 rings (SSSR count). The summed E-state index contributed by atoms with van der Waals surface area (Å²) in [4.78, 5) is 27.9. The van der Waals surface area contributed by atoms with Gasteiger partial charge in [-0.2, -0.15) is 4.98 Å². The maximum atomic E-state index is 12.1. The van der Waals surface area contributed by atoms with E-state index in [1.54, 1.807) is 0 Å². The fourth-order valence-corrected chi connectivity index (χ4v) is 2.54. The Bertz CT molecular complexity index is 1060. The third-order valence-corrected chi connectivity index (χ3v) is 4.06. The van der Waals surface area contributed by atoms with Crippen LogP contribution in [0.1, 0.15) is 17.9 Å². The van der Waals surface area contributed by atoms with Crippen molar-refractivity contribution < 1.29 is 36.8 Å². The fourth-order valence-electron chi connectivity index (χ4n) is 2.54. The molecule has 0 radical (unpaired) electrons. The number of hydrogen-bond donors (Lipinski definition) is 1. The molecule has 11 heteroatoms. The lowest BCUT2D eigenvalue weighted by atomic mass is 10.1. The molecule has 168 valence electrons. The van der Waals surface area contributed by atoms with E-state index in [2.05, 4.69) is 20.2 Å². The van der Waals surface area contributed by atoms with Crippen molar-refractivity contribution in [2.45, 2.75) is 26.1 Å². The van der Waals surface area contributed by atoms with Crippen molar-refractivity contribution in [1.82, 2.24) is 10.1 Å². The van der Waals surface area contributed by atoms with Gasteiger partial charge in [-0.3, -0.25) is 9.59 Å². The van der Waals surface area contributed by atoms with Crippen molar-refractivity contribution in [2.75, 3.05) is 11.9 Å². The van der Waals surface area contributed by atoms with Crippen molar-refractivity contribution >= 4 is 17.6 Å². The van der Waals surface area contributed by atoms with Crippen LogP contribution in [-0.2, 0) is 20.7 Å². The molecule has 0 bridgehead atoms. The van der Waals surface area contributed by atoms with Gasteiger partial charge in [0, 0.05) is 17.7 Å². The van der Waals surface area contributed by atoms with E-state index in [9.17, 15) is 22.8 Å². The van der Waals surface area contributed by atoms with E-state index in [4.69, 9.17) is 9.26 Å². The Morgan fingerprint density at radius 2 is 1.75 bits per heavy atom. The van der Waals surface area contributed by atoms with Crippen LogP contribution >= 0.6 is 0 Å². The minimum Gasteiger partial charge on any atom is -0.456 e. The summed E-state index contributed by atoms with van der Waals surface area (Å²) in [6, 6.07) is 12.1. The maximum Gasteiger partial charge on any atom is 0.573 e. The Kier molecular flexibility index (Phi) is 7.08. The molecule has 8 nitrogen and oxygen atoms in total. The van der Waals surface area contributed by atoms with Crippen LogP contribution in [0.15, 0.2) is 53.1 Å². The van der Waals surface area contributed by atoms with Crippen molar-refractivity contribution in [2.24, 2.45) is 0 Å². The summed E-state index contributed by atoms with van der Waals surface area (Å²) in [5.74, 6) is -1.07. The summed E-state index contributed by atoms with van der Waals surface area (Å²) in [5.41, 5.74) is 2.09. The first-order chi connectivity index (χ1) is 15.2. The van der Waals surface area contributed by atoms with Gasteiger partial charge < -0.3 is 19.3 Å². The number of amides is 1. The van der Waals surface area contributed by atoms with Crippen molar-refractivity contribution in [3.05, 3.63) is 60.0 Å². The Balaban J connectivity index is 1.40. The number of halogens is 3. The molecule has 32 heavy (non-hydrogen) atoms. The molecule has 0 aliphatic carbocycles. The van der Waals surface area contributed by atoms with Crippen LogP contribution in [0.25, 0.3) is 11.4 Å². The molecule has 1 aromatic heterocycles. The van der Waals surface area contributed by atoms with E-state index in [1.165, 1.54) is 12.1 Å². The Morgan fingerprint density at radius 1 is 1.06 bits per heavy atom. The second kappa shape index (κ2) is 9.94. The van der Waals surface area contributed by atoms with E-state index >= 15 is 0 Å². The van der Waals surface area contributed by atoms with Gasteiger partial charge in [0.25, 0.3) is 5.91 Å². The summed E-state index contributed by atoms with van der Waals surface area (Å²) in [6.45, 7) is 1.40. The highest BCUT2D eigenvalue weighted by Gasteiger charge is 2.31. The Morgan fingerprint density at radius 3 is 2.41 bits per heavy atom. The summed E-state index contributed by atoms with van der Waals surface area (Å²) in [6.07, 6.45) is -4.74. The number of rotatable bonds is 8. The van der Waals surface area contributed by atoms with E-state index in [-0.39, 0.29) is 24.4 Å². The molecule has 0 saturated carbocycles. The summed E-state index contributed by atoms with van der Waals surface area (Å²) >= 11 is 0. The van der Waals surface area contributed by atoms with Crippen molar-refractivity contribution in [3.63, 3.8) is 0 Å². The highest BCUT2D eigenvalue weighted by Crippen LogP contribution is 2.24. The number of aromatic nitrogens is 2. The van der Waals surface area contributed by atoms with Crippen LogP contribution in [0.5, 0.6) is 5.75 Å². The van der Waals surface area contributed by atoms with Crippen LogP contribution in [0, 0.1) is 6.92 Å². The Labute approximate surface area is 180 Å². The third kappa shape index (κ3) is 7.11. The van der Waals surface area contributed by atoms with E-state index in [1.807, 2.05) is 31.2 Å². The van der Waals surface area contributed by atoms with E-state index in [0.29, 0.717) is 5.82 Å². The monoisotopic (exact) mass is 449 g/mol. The van der Waals surface area contributed by atoms with Gasteiger partial charge in [0.1, 0.15) is 5.75 Å². The van der Waals surface area contributed by atoms with Gasteiger partial charge >= 0.3 is 12.3 Å². The molecule has 0 unspecified atom stereocenters. The number of hydrogen-bond acceptors (Lipinski definition) is 7. The van der Waals surface area contributed by atoms with Crippen LogP contribution in [-0.4, -0.2) is 35.0 Å². The Hall–Kier alpha value is -3.89. The van der Waals surface area contributed by atoms with E-state index < -0.39 is 30.6 Å². The van der Waals surface area contributed by atoms with Gasteiger partial charge in [-0.05, 0) is 31.2 Å². The first-order valence-corrected chi connectivity index (χ1v) is 9.39. The number of carbonyl (C=O) groups excluding carboxylic acids is 2. The first-order valence-electron chi connectivity index (χ1n) is 9.39. The number of nitrogens with zero attached hydrogens (tertiary/aromatic N) is 2. The first kappa shape index (κ1) is 22.8. The van der Waals surface area contributed by atoms with Gasteiger partial charge in [0.05, 0.1) is 6.42 Å². The number of nitrogens with one attached hydrogen (secondary N) is 1. The summed E-state index contributed by atoms with van der Waals surface area (Å²) < 4.78 is 50.1. The molecule has 0 saturated heterocycles. The van der Waals surface area contributed by atoms with Gasteiger partial charge in [-0.25, -0.2) is 0 Å². The van der Waals surface area contributed by atoms with Gasteiger partial charge in [0.2, 0.25) is 11.7 Å². The third-order valence-electron chi connectivity index (χ3n) is 4.06. The molecular weight excluding hydrogens is 431 g/mol. The number of esters is 1. The van der Waals surface area contributed by atoms with Crippen LogP contribution in [0.2, 0.25) is 0 Å². The van der Waals surface area contributed by atoms with Crippen LogP contribution < -0.4 is 10.1 Å². The van der Waals surface area contributed by atoms with E-state index in [0.717, 1.165) is 23.3 Å². The number of alkyl halides is 3. The SMILES string of the molecule is Cc1ccc(-c2noc(CCC(=O)OCC(=O)Nc3ccc(OC(F)(F)F)cc3)n2)cc1. The standard InChI is InChI=1S/C21H18F3N3O5/c1-13-2-4-14(5-3-13)20-26-18(32-27-20)10-11-19(29)30-12-17(28)25-15-6-8-16(9-7-15)31-21(22,23)24/h2-9H,10-12H2,1H3,(H,25,28). The van der Waals surface area contributed by atoms with Gasteiger partial charge in [-0.15, -0.1) is 13.2 Å². The molecule has 1 N–H and O–H groups in total. The highest BCUT2D eigenvalue weighted by atomic mass is 19.4. The quantitative estimate of drug-likeness (QED) is 0.517. The molecule has 2 aromatic carbocycles. The predicted octanol–water partition coefficient (Wildman–Crippen LogP) is 4.06. The number of aryl methyl sites for hydroxylation is 2. The second-order valence-electron chi connectivity index (χ2n) is 6.66. The smallest absolute Gasteiger partial charge is 0.456 e. The van der Waals surface area contributed by atoms with Gasteiger partial charge in [0.15, 0.2) is 6.61 Å². The second-order valence-corrected chi connectivity index (χ2v) is 6.66. The van der Waals surface area contributed by atoms with Crippen molar-refractivity contribution in [1.29, 1.82) is 0 Å². The average Bonchev–Trinajstić information content (AvgIpc) is 3.21. The molecule has 0 spiro atoms. The van der Waals surface area contributed by atoms with Gasteiger partial charge in [-0.1, -0.05) is 35.0 Å². The zero-order valence-electron chi connectivity index (χ0n) is 16.8. The summed E-state index contributed by atoms with van der Waals surface area (Å²) in [5, 5.41) is 6.26. The van der Waals surface area contributed by atoms with Crippen LogP contribution in [0.3, 0.4) is 0 Å². The predicted molar refractivity (Wildman–Crippen MR) is 106 cm³/mol. The lowest BCUT2D eigenvalue weighted by molar-refractivity contribution is -0.274. The fraction of sp³-hybridized carbons (Fsp3) is 0.238. The molecular formula is C21H18F3N3O5. The lowest BCUT2D eigenvalue weighted by Gasteiger charge is -2.10. The molecule has 0 aliphatic heterocycles. The number of benzene rings is 2. The van der Waals surface area contributed by atoms with Crippen LogP contribution in [0.4, 0.5) is 18.9 Å². The topological polar surface area (TPSA) is 104 Å². The average molecular weight is 449 g/mol. The highest BCUT2D eigenvalue weighted by molar-refractivity contribution is 5.92. The molecule has 1 amide bonds. The minimum atomic E-state index is -4.80. The minimum absolute atomic E-state index is 0.0771. The number of ether oxygens (including phenoxy) is 2. The zero-order chi connectivity index (χ0) is 23.1. The van der Waals surface area contributed by atoms with Crippen molar-refractivity contribution in [3.8, 4) is 17.1 Å². The molecule has 0 fully saturated rings. The lowest BCUT2D eigenvalue weighted by Crippen LogP contribution is -2.21. The molecule has 3 aromatic rings. The normalized spacial score (nSPS) is 11.1. The zero-order valence-corrected chi connectivity index (χ0v) is 16.8. The molecule has 0 aliphatic rings. The maximum absolute atomic E-state index is 12.1. The number of carbonyl (C=O) groups is 2. The largest absolute Gasteiger partial charge is 0.573 e. The summed E-state index contributed by atoms with van der Waals surface area (Å²) in [7, 11) is 0. The molecule has 0 atom stereocenters. The number of anilines is 1. The molecule has 1 heterocycles.